The standard InChI is InChI=1S/C19H20FN3O/c1-24-18-5-4-13(20)9-15(18)14-6-8-22-19-16(14)10-17(23-19)12-3-2-7-21-11-12/h4-6,8-10,12,21H,2-3,7,11H2,1H3,(H,22,23)/t12-/m1/s1. The SMILES string of the molecule is COc1ccc(F)cc1-c1ccnc2[nH]c([C@@H]3CCCNC3)cc12. The van der Waals surface area contributed by atoms with E-state index in [1.807, 2.05) is 6.07 Å². The molecule has 0 bridgehead atoms. The number of hydrogen-bond acceptors (Lipinski definition) is 3. The van der Waals surface area contributed by atoms with Gasteiger partial charge in [0.15, 0.2) is 0 Å². The van der Waals surface area contributed by atoms with Crippen LogP contribution >= 0.6 is 0 Å². The molecular weight excluding hydrogens is 305 g/mol. The van der Waals surface area contributed by atoms with Gasteiger partial charge in [0.1, 0.15) is 17.2 Å². The van der Waals surface area contributed by atoms with Gasteiger partial charge < -0.3 is 15.0 Å². The number of aromatic amines is 1. The maximum atomic E-state index is 13.8. The van der Waals surface area contributed by atoms with Crippen LogP contribution in [0.4, 0.5) is 4.39 Å². The van der Waals surface area contributed by atoms with E-state index >= 15 is 0 Å². The van der Waals surface area contributed by atoms with Gasteiger partial charge in [-0.2, -0.15) is 0 Å². The molecule has 0 aliphatic carbocycles. The summed E-state index contributed by atoms with van der Waals surface area (Å²) in [4.78, 5) is 7.89. The zero-order chi connectivity index (χ0) is 16.5. The van der Waals surface area contributed by atoms with E-state index < -0.39 is 0 Å². The highest BCUT2D eigenvalue weighted by Crippen LogP contribution is 2.36. The molecule has 0 radical (unpaired) electrons. The van der Waals surface area contributed by atoms with E-state index in [9.17, 15) is 4.39 Å². The highest BCUT2D eigenvalue weighted by molar-refractivity contribution is 5.95. The van der Waals surface area contributed by atoms with E-state index in [1.165, 1.54) is 30.7 Å². The van der Waals surface area contributed by atoms with Crippen LogP contribution in [0.2, 0.25) is 0 Å². The summed E-state index contributed by atoms with van der Waals surface area (Å²) in [7, 11) is 1.60. The Balaban J connectivity index is 1.84. The van der Waals surface area contributed by atoms with Gasteiger partial charge in [-0.25, -0.2) is 9.37 Å². The molecule has 3 aromatic rings. The molecule has 3 heterocycles. The van der Waals surface area contributed by atoms with E-state index in [4.69, 9.17) is 4.74 Å². The van der Waals surface area contributed by atoms with Crippen molar-refractivity contribution < 1.29 is 9.13 Å². The molecule has 0 amide bonds. The lowest BCUT2D eigenvalue weighted by Crippen LogP contribution is -2.28. The van der Waals surface area contributed by atoms with Crippen molar-refractivity contribution in [3.63, 3.8) is 0 Å². The van der Waals surface area contributed by atoms with Gasteiger partial charge in [0, 0.05) is 35.3 Å². The Morgan fingerprint density at radius 3 is 2.92 bits per heavy atom. The second kappa shape index (κ2) is 6.24. The molecule has 1 fully saturated rings. The Kier molecular flexibility index (Phi) is 3.94. The highest BCUT2D eigenvalue weighted by atomic mass is 19.1. The maximum absolute atomic E-state index is 13.8. The lowest BCUT2D eigenvalue weighted by Gasteiger charge is -2.21. The van der Waals surface area contributed by atoms with Crippen molar-refractivity contribution in [1.82, 2.24) is 15.3 Å². The van der Waals surface area contributed by atoms with E-state index in [0.717, 1.165) is 35.2 Å². The molecule has 124 valence electrons. The van der Waals surface area contributed by atoms with Gasteiger partial charge in [0.05, 0.1) is 7.11 Å². The molecule has 24 heavy (non-hydrogen) atoms. The van der Waals surface area contributed by atoms with Crippen molar-refractivity contribution in [1.29, 1.82) is 0 Å². The minimum Gasteiger partial charge on any atom is -0.496 e. The number of rotatable bonds is 3. The van der Waals surface area contributed by atoms with Gasteiger partial charge in [-0.05, 0) is 55.3 Å². The summed E-state index contributed by atoms with van der Waals surface area (Å²) in [6, 6.07) is 8.66. The first-order valence-corrected chi connectivity index (χ1v) is 8.28. The average molecular weight is 325 g/mol. The van der Waals surface area contributed by atoms with E-state index in [2.05, 4.69) is 21.4 Å². The first-order chi connectivity index (χ1) is 11.8. The summed E-state index contributed by atoms with van der Waals surface area (Å²) < 4.78 is 19.2. The number of ether oxygens (including phenoxy) is 1. The second-order valence-corrected chi connectivity index (χ2v) is 6.23. The normalized spacial score (nSPS) is 18.0. The quantitative estimate of drug-likeness (QED) is 0.769. The zero-order valence-corrected chi connectivity index (χ0v) is 13.6. The maximum Gasteiger partial charge on any atom is 0.138 e. The van der Waals surface area contributed by atoms with Crippen LogP contribution in [0.5, 0.6) is 5.75 Å². The van der Waals surface area contributed by atoms with Crippen molar-refractivity contribution in [2.75, 3.05) is 20.2 Å². The Morgan fingerprint density at radius 1 is 1.21 bits per heavy atom. The van der Waals surface area contributed by atoms with E-state index in [-0.39, 0.29) is 5.82 Å². The lowest BCUT2D eigenvalue weighted by atomic mass is 9.95. The Hall–Kier alpha value is -2.40. The molecule has 4 nitrogen and oxygen atoms in total. The van der Waals surface area contributed by atoms with Crippen molar-refractivity contribution >= 4 is 11.0 Å². The van der Waals surface area contributed by atoms with Crippen LogP contribution in [0.25, 0.3) is 22.2 Å². The van der Waals surface area contributed by atoms with Crippen LogP contribution in [0.3, 0.4) is 0 Å². The molecule has 1 aliphatic rings. The molecule has 0 spiro atoms. The number of methoxy groups -OCH3 is 1. The molecule has 0 saturated carbocycles. The molecule has 1 aromatic carbocycles. The molecule has 4 rings (SSSR count). The van der Waals surface area contributed by atoms with Crippen LogP contribution < -0.4 is 10.1 Å². The Labute approximate surface area is 140 Å². The van der Waals surface area contributed by atoms with Gasteiger partial charge in [0.2, 0.25) is 0 Å². The number of pyridine rings is 1. The van der Waals surface area contributed by atoms with Crippen LogP contribution in [0.1, 0.15) is 24.5 Å². The molecule has 1 saturated heterocycles. The van der Waals surface area contributed by atoms with Crippen LogP contribution in [-0.4, -0.2) is 30.2 Å². The number of piperidine rings is 1. The number of halogens is 1. The number of H-pyrrole nitrogens is 1. The van der Waals surface area contributed by atoms with E-state index in [1.54, 1.807) is 19.4 Å². The van der Waals surface area contributed by atoms with Gasteiger partial charge in [-0.3, -0.25) is 0 Å². The number of fused-ring (bicyclic) bond motifs is 1. The molecule has 2 N–H and O–H groups in total. The van der Waals surface area contributed by atoms with Crippen molar-refractivity contribution in [2.24, 2.45) is 0 Å². The molecular formula is C19H20FN3O. The van der Waals surface area contributed by atoms with Crippen molar-refractivity contribution in [3.8, 4) is 16.9 Å². The number of aromatic nitrogens is 2. The summed E-state index contributed by atoms with van der Waals surface area (Å²) in [5, 5.41) is 4.44. The number of nitrogens with zero attached hydrogens (tertiary/aromatic N) is 1. The number of nitrogens with one attached hydrogen (secondary N) is 2. The average Bonchev–Trinajstić information content (AvgIpc) is 3.06. The molecule has 5 heteroatoms. The zero-order valence-electron chi connectivity index (χ0n) is 13.6. The first kappa shape index (κ1) is 15.1. The van der Waals surface area contributed by atoms with Crippen molar-refractivity contribution in [3.05, 3.63) is 48.0 Å². The third-order valence-electron chi connectivity index (χ3n) is 4.74. The predicted molar refractivity (Wildman–Crippen MR) is 92.9 cm³/mol. The smallest absolute Gasteiger partial charge is 0.138 e. The largest absolute Gasteiger partial charge is 0.496 e. The minimum atomic E-state index is -0.275. The van der Waals surface area contributed by atoms with Gasteiger partial charge >= 0.3 is 0 Å². The third-order valence-corrected chi connectivity index (χ3v) is 4.74. The predicted octanol–water partition coefficient (Wildman–Crippen LogP) is 3.84. The minimum absolute atomic E-state index is 0.275. The Morgan fingerprint density at radius 2 is 2.12 bits per heavy atom. The van der Waals surface area contributed by atoms with Crippen molar-refractivity contribution in [2.45, 2.75) is 18.8 Å². The topological polar surface area (TPSA) is 49.9 Å². The lowest BCUT2D eigenvalue weighted by molar-refractivity contribution is 0.415. The number of hydrogen-bond donors (Lipinski definition) is 2. The fraction of sp³-hybridized carbons (Fsp3) is 0.316. The second-order valence-electron chi connectivity index (χ2n) is 6.23. The third kappa shape index (κ3) is 2.65. The van der Waals surface area contributed by atoms with Gasteiger partial charge in [-0.1, -0.05) is 0 Å². The fourth-order valence-corrected chi connectivity index (χ4v) is 3.51. The summed E-state index contributed by atoms with van der Waals surface area (Å²) >= 11 is 0. The van der Waals surface area contributed by atoms with Gasteiger partial charge in [-0.15, -0.1) is 0 Å². The first-order valence-electron chi connectivity index (χ1n) is 8.28. The highest BCUT2D eigenvalue weighted by Gasteiger charge is 2.19. The fourth-order valence-electron chi connectivity index (χ4n) is 3.51. The summed E-state index contributed by atoms with van der Waals surface area (Å²) in [6.07, 6.45) is 4.10. The molecule has 1 aliphatic heterocycles. The van der Waals surface area contributed by atoms with Crippen LogP contribution in [0.15, 0.2) is 36.5 Å². The van der Waals surface area contributed by atoms with Crippen LogP contribution in [0, 0.1) is 5.82 Å². The summed E-state index contributed by atoms with van der Waals surface area (Å²) in [6.45, 7) is 2.06. The van der Waals surface area contributed by atoms with Crippen LogP contribution in [-0.2, 0) is 0 Å². The van der Waals surface area contributed by atoms with Gasteiger partial charge in [0.25, 0.3) is 0 Å². The molecule has 2 aromatic heterocycles. The molecule has 1 atom stereocenters. The Bertz CT molecular complexity index is 868. The monoisotopic (exact) mass is 325 g/mol. The molecule has 0 unspecified atom stereocenters. The van der Waals surface area contributed by atoms with E-state index in [0.29, 0.717) is 11.7 Å². The summed E-state index contributed by atoms with van der Waals surface area (Å²) in [5.74, 6) is 0.851. The summed E-state index contributed by atoms with van der Waals surface area (Å²) in [5.41, 5.74) is 3.70. The number of benzene rings is 1.